The molecule has 31 heavy (non-hydrogen) atoms. The van der Waals surface area contributed by atoms with E-state index in [2.05, 4.69) is 71.0 Å². The zero-order valence-electron chi connectivity index (χ0n) is 19.5. The molecule has 2 aromatic carbocycles. The van der Waals surface area contributed by atoms with E-state index in [4.69, 9.17) is 9.47 Å². The summed E-state index contributed by atoms with van der Waals surface area (Å²) in [5.74, 6) is 0.558. The number of hydrogen-bond acceptors (Lipinski definition) is 4. The van der Waals surface area contributed by atoms with Crippen LogP contribution in [0.25, 0.3) is 11.1 Å². The highest BCUT2D eigenvalue weighted by atomic mass is 32.1. The average molecular weight is 437 g/mol. The minimum Gasteiger partial charge on any atom is -0.485 e. The van der Waals surface area contributed by atoms with Gasteiger partial charge in [0.05, 0.1) is 6.61 Å². The largest absolute Gasteiger partial charge is 0.485 e. The third-order valence-corrected chi connectivity index (χ3v) is 6.59. The van der Waals surface area contributed by atoms with Gasteiger partial charge in [-0.15, -0.1) is 11.3 Å². The van der Waals surface area contributed by atoms with Crippen LogP contribution in [0.3, 0.4) is 0 Å². The molecule has 0 N–H and O–H groups in total. The van der Waals surface area contributed by atoms with Crippen molar-refractivity contribution in [3.8, 4) is 16.9 Å². The molecule has 1 aromatic heterocycles. The summed E-state index contributed by atoms with van der Waals surface area (Å²) in [6, 6.07) is 16.8. The van der Waals surface area contributed by atoms with Crippen molar-refractivity contribution >= 4 is 17.3 Å². The SMILES string of the molecule is CCOC(=O)c1ccc([C@@H](C)Oc2cc(C)c(-c3ccc(C(C)(C)C)cc3)c(C)c2)s1. The van der Waals surface area contributed by atoms with Gasteiger partial charge in [-0.2, -0.15) is 0 Å². The molecule has 4 heteroatoms. The van der Waals surface area contributed by atoms with Crippen molar-refractivity contribution in [3.63, 3.8) is 0 Å². The lowest BCUT2D eigenvalue weighted by atomic mass is 9.85. The predicted octanol–water partition coefficient (Wildman–Crippen LogP) is 7.65. The molecule has 0 radical (unpaired) electrons. The van der Waals surface area contributed by atoms with Crippen LogP contribution in [0.2, 0.25) is 0 Å². The van der Waals surface area contributed by atoms with Crippen LogP contribution >= 0.6 is 11.3 Å². The molecule has 0 aliphatic rings. The van der Waals surface area contributed by atoms with Gasteiger partial charge in [0.2, 0.25) is 0 Å². The molecule has 0 aliphatic heterocycles. The van der Waals surface area contributed by atoms with Gasteiger partial charge >= 0.3 is 5.97 Å². The maximum absolute atomic E-state index is 11.9. The van der Waals surface area contributed by atoms with E-state index in [0.717, 1.165) is 10.6 Å². The Labute approximate surface area is 190 Å². The molecule has 0 fully saturated rings. The Morgan fingerprint density at radius 1 is 1.00 bits per heavy atom. The van der Waals surface area contributed by atoms with Gasteiger partial charge in [-0.3, -0.25) is 0 Å². The summed E-state index contributed by atoms with van der Waals surface area (Å²) >= 11 is 1.42. The first-order valence-corrected chi connectivity index (χ1v) is 11.6. The van der Waals surface area contributed by atoms with E-state index < -0.39 is 0 Å². The molecule has 1 heterocycles. The quantitative estimate of drug-likeness (QED) is 0.372. The van der Waals surface area contributed by atoms with Crippen LogP contribution < -0.4 is 4.74 Å². The lowest BCUT2D eigenvalue weighted by Gasteiger charge is -2.20. The van der Waals surface area contributed by atoms with Gasteiger partial charge in [0.15, 0.2) is 0 Å². The molecular formula is C27H32O3S. The fourth-order valence-electron chi connectivity index (χ4n) is 3.73. The molecular weight excluding hydrogens is 404 g/mol. The molecule has 3 nitrogen and oxygen atoms in total. The van der Waals surface area contributed by atoms with E-state index in [0.29, 0.717) is 11.5 Å². The lowest BCUT2D eigenvalue weighted by Crippen LogP contribution is -2.10. The second-order valence-electron chi connectivity index (χ2n) is 8.94. The summed E-state index contributed by atoms with van der Waals surface area (Å²) in [5.41, 5.74) is 6.32. The van der Waals surface area contributed by atoms with Gasteiger partial charge < -0.3 is 9.47 Å². The fourth-order valence-corrected chi connectivity index (χ4v) is 4.61. The van der Waals surface area contributed by atoms with Crippen LogP contribution in [0.5, 0.6) is 5.75 Å². The molecule has 164 valence electrons. The van der Waals surface area contributed by atoms with Crippen molar-refractivity contribution in [2.45, 2.75) is 60.0 Å². The van der Waals surface area contributed by atoms with Crippen molar-refractivity contribution in [3.05, 3.63) is 75.0 Å². The van der Waals surface area contributed by atoms with Crippen molar-refractivity contribution < 1.29 is 14.3 Å². The Bertz CT molecular complexity index is 1030. The summed E-state index contributed by atoms with van der Waals surface area (Å²) < 4.78 is 11.3. The molecule has 3 rings (SSSR count). The standard InChI is InChI=1S/C27H32O3S/c1-8-29-26(28)24-14-13-23(31-24)19(4)30-22-15-17(2)25(18(3)16-22)20-9-11-21(12-10-20)27(5,6)7/h9-16,19H,8H2,1-7H3/t19-/m1/s1. The first-order valence-electron chi connectivity index (χ1n) is 10.8. The number of aryl methyl sites for hydroxylation is 2. The van der Waals surface area contributed by atoms with Crippen LogP contribution in [-0.2, 0) is 10.2 Å². The highest BCUT2D eigenvalue weighted by Crippen LogP contribution is 2.35. The first kappa shape index (κ1) is 23.1. The number of carbonyl (C=O) groups excluding carboxylic acids is 1. The zero-order valence-corrected chi connectivity index (χ0v) is 20.4. The van der Waals surface area contributed by atoms with E-state index in [1.54, 1.807) is 6.07 Å². The van der Waals surface area contributed by atoms with Crippen molar-refractivity contribution in [2.75, 3.05) is 6.61 Å². The molecule has 0 bridgehead atoms. The third-order valence-electron chi connectivity index (χ3n) is 5.36. The number of rotatable bonds is 6. The summed E-state index contributed by atoms with van der Waals surface area (Å²) in [6.07, 6.45) is -0.149. The topological polar surface area (TPSA) is 35.5 Å². The molecule has 0 aliphatic carbocycles. The summed E-state index contributed by atoms with van der Waals surface area (Å²) in [6.45, 7) is 15.1. The van der Waals surface area contributed by atoms with Crippen LogP contribution in [0.15, 0.2) is 48.5 Å². The third kappa shape index (κ3) is 5.37. The number of ether oxygens (including phenoxy) is 2. The number of esters is 1. The van der Waals surface area contributed by atoms with Gasteiger partial charge in [0.25, 0.3) is 0 Å². The predicted molar refractivity (Wildman–Crippen MR) is 129 cm³/mol. The first-order chi connectivity index (χ1) is 14.6. The minimum absolute atomic E-state index is 0.144. The van der Waals surface area contributed by atoms with Crippen LogP contribution in [0, 0.1) is 13.8 Å². The Morgan fingerprint density at radius 3 is 2.16 bits per heavy atom. The molecule has 0 amide bonds. The van der Waals surface area contributed by atoms with Gasteiger partial charge in [-0.1, -0.05) is 45.0 Å². The van der Waals surface area contributed by atoms with Crippen molar-refractivity contribution in [2.24, 2.45) is 0 Å². The molecule has 0 unspecified atom stereocenters. The average Bonchev–Trinajstić information content (AvgIpc) is 3.18. The Morgan fingerprint density at radius 2 is 1.61 bits per heavy atom. The monoisotopic (exact) mass is 436 g/mol. The Kier molecular flexibility index (Phi) is 6.90. The molecule has 0 spiro atoms. The second-order valence-corrected chi connectivity index (χ2v) is 10.1. The molecule has 0 saturated heterocycles. The summed E-state index contributed by atoms with van der Waals surface area (Å²) in [5, 5.41) is 0. The van der Waals surface area contributed by atoms with E-state index in [1.165, 1.54) is 39.2 Å². The highest BCUT2D eigenvalue weighted by Gasteiger charge is 2.17. The smallest absolute Gasteiger partial charge is 0.348 e. The van der Waals surface area contributed by atoms with Gasteiger partial charge in [-0.25, -0.2) is 4.79 Å². The van der Waals surface area contributed by atoms with Gasteiger partial charge in [0.1, 0.15) is 16.7 Å². The Hall–Kier alpha value is -2.59. The van der Waals surface area contributed by atoms with Crippen LogP contribution in [-0.4, -0.2) is 12.6 Å². The summed E-state index contributed by atoms with van der Waals surface area (Å²) in [7, 11) is 0. The zero-order chi connectivity index (χ0) is 22.8. The van der Waals surface area contributed by atoms with E-state index >= 15 is 0 Å². The molecule has 0 saturated carbocycles. The highest BCUT2D eigenvalue weighted by molar-refractivity contribution is 7.14. The minimum atomic E-state index is -0.278. The van der Waals surface area contributed by atoms with E-state index in [1.807, 2.05) is 19.9 Å². The lowest BCUT2D eigenvalue weighted by molar-refractivity contribution is 0.0532. The fraction of sp³-hybridized carbons (Fsp3) is 0.370. The number of thiophene rings is 1. The van der Waals surface area contributed by atoms with E-state index in [-0.39, 0.29) is 17.5 Å². The van der Waals surface area contributed by atoms with Gasteiger partial charge in [0, 0.05) is 4.88 Å². The summed E-state index contributed by atoms with van der Waals surface area (Å²) in [4.78, 5) is 13.5. The van der Waals surface area contributed by atoms with Crippen LogP contribution in [0.1, 0.15) is 72.0 Å². The van der Waals surface area contributed by atoms with E-state index in [9.17, 15) is 4.79 Å². The van der Waals surface area contributed by atoms with Crippen molar-refractivity contribution in [1.29, 1.82) is 0 Å². The Balaban J connectivity index is 1.80. The number of benzene rings is 2. The maximum atomic E-state index is 11.9. The van der Waals surface area contributed by atoms with Crippen LogP contribution in [0.4, 0.5) is 0 Å². The normalized spacial score (nSPS) is 12.5. The molecule has 3 aromatic rings. The number of hydrogen-bond donors (Lipinski definition) is 0. The van der Waals surface area contributed by atoms with Crippen molar-refractivity contribution in [1.82, 2.24) is 0 Å². The second kappa shape index (κ2) is 9.27. The molecule has 1 atom stereocenters. The number of carbonyl (C=O) groups is 1. The maximum Gasteiger partial charge on any atom is 0.348 e. The van der Waals surface area contributed by atoms with Gasteiger partial charge in [-0.05, 0) is 85.2 Å².